The molecule has 0 amide bonds. The van der Waals surface area contributed by atoms with Crippen LogP contribution in [0.1, 0.15) is 6.92 Å². The number of halogens is 1. The van der Waals surface area contributed by atoms with Crippen LogP contribution < -0.4 is 14.9 Å². The van der Waals surface area contributed by atoms with Crippen molar-refractivity contribution in [2.24, 2.45) is 0 Å². The Morgan fingerprint density at radius 2 is 1.52 bits per heavy atom. The molecule has 2 aromatic carbocycles. The minimum Gasteiger partial charge on any atom is -0.506 e. The van der Waals surface area contributed by atoms with Crippen LogP contribution in [0.2, 0.25) is 0 Å². The zero-order chi connectivity index (χ0) is 32.0. The predicted molar refractivity (Wildman–Crippen MR) is 156 cm³/mol. The van der Waals surface area contributed by atoms with Gasteiger partial charge in [-0.2, -0.15) is 0 Å². The van der Waals surface area contributed by atoms with Crippen LogP contribution in [-0.2, 0) is 14.2 Å². The lowest BCUT2D eigenvalue weighted by molar-refractivity contribution is -0.318. The lowest BCUT2D eigenvalue weighted by Gasteiger charge is -2.42. The second-order valence-corrected chi connectivity index (χ2v) is 11.5. The summed E-state index contributed by atoms with van der Waals surface area (Å²) in [6.45, 7) is 0.952. The molecule has 0 bridgehead atoms. The smallest absolute Gasteiger partial charge is 0.229 e. The van der Waals surface area contributed by atoms with Crippen molar-refractivity contribution in [3.05, 3.63) is 44.1 Å². The maximum absolute atomic E-state index is 13.0. The van der Waals surface area contributed by atoms with E-state index in [0.29, 0.717) is 5.56 Å². The minimum absolute atomic E-state index is 0.0433. The van der Waals surface area contributed by atoms with Crippen molar-refractivity contribution in [3.63, 3.8) is 0 Å². The van der Waals surface area contributed by atoms with E-state index in [1.807, 2.05) is 0 Å². The molecule has 0 spiro atoms. The van der Waals surface area contributed by atoms with E-state index < -0.39 is 79.2 Å². The van der Waals surface area contributed by atoms with E-state index in [0.717, 1.165) is 6.07 Å². The van der Waals surface area contributed by atoms with E-state index >= 15 is 0 Å². The number of rotatable bonds is 7. The third-order valence-electron chi connectivity index (χ3n) is 7.51. The van der Waals surface area contributed by atoms with Crippen LogP contribution in [0.25, 0.3) is 22.3 Å². The van der Waals surface area contributed by atoms with Crippen molar-refractivity contribution in [3.8, 4) is 34.3 Å². The molecule has 2 fully saturated rings. The number of hydrogen-bond donors (Lipinski definition) is 8. The molecule has 240 valence electrons. The topological polar surface area (TPSA) is 238 Å². The van der Waals surface area contributed by atoms with Gasteiger partial charge in [0, 0.05) is 17.7 Å². The van der Waals surface area contributed by atoms with E-state index in [4.69, 9.17) is 28.1 Å². The first kappa shape index (κ1) is 32.6. The van der Waals surface area contributed by atoms with Gasteiger partial charge in [-0.15, -0.1) is 0 Å². The molecule has 1 aromatic heterocycles. The van der Waals surface area contributed by atoms with Crippen LogP contribution in [-0.4, -0.2) is 116 Å². The molecule has 8 N–H and O–H groups in total. The van der Waals surface area contributed by atoms with Gasteiger partial charge in [-0.1, -0.05) is 0 Å². The summed E-state index contributed by atoms with van der Waals surface area (Å²) in [7, 11) is 1.38. The average molecular weight is 734 g/mol. The molecule has 2 aliphatic rings. The third-order valence-corrected chi connectivity index (χ3v) is 8.55. The highest BCUT2D eigenvalue weighted by atomic mass is 127. The van der Waals surface area contributed by atoms with E-state index in [2.05, 4.69) is 0 Å². The molecule has 0 aliphatic carbocycles. The molecule has 16 heteroatoms. The monoisotopic (exact) mass is 734 g/mol. The van der Waals surface area contributed by atoms with Crippen molar-refractivity contribution in [1.82, 2.24) is 0 Å². The van der Waals surface area contributed by atoms with E-state index in [-0.39, 0.29) is 37.5 Å². The van der Waals surface area contributed by atoms with Gasteiger partial charge in [0.15, 0.2) is 23.2 Å². The minimum atomic E-state index is -1.79. The van der Waals surface area contributed by atoms with E-state index in [1.165, 1.54) is 32.2 Å². The zero-order valence-corrected chi connectivity index (χ0v) is 25.3. The number of benzene rings is 2. The summed E-state index contributed by atoms with van der Waals surface area (Å²) in [5.41, 5.74) is -0.376. The Bertz CT molecular complexity index is 1560. The first-order valence-electron chi connectivity index (χ1n) is 13.4. The molecule has 10 atom stereocenters. The van der Waals surface area contributed by atoms with Crippen LogP contribution in [0.4, 0.5) is 0 Å². The van der Waals surface area contributed by atoms with Crippen LogP contribution in [0, 0.1) is 3.57 Å². The van der Waals surface area contributed by atoms with Gasteiger partial charge < -0.3 is 69.0 Å². The summed E-state index contributed by atoms with van der Waals surface area (Å²) in [4.78, 5) is 13.0. The van der Waals surface area contributed by atoms with Crippen LogP contribution in [0.5, 0.6) is 23.0 Å². The lowest BCUT2D eigenvalue weighted by Crippen LogP contribution is -2.61. The van der Waals surface area contributed by atoms with Gasteiger partial charge in [-0.3, -0.25) is 4.79 Å². The fourth-order valence-electron chi connectivity index (χ4n) is 4.94. The van der Waals surface area contributed by atoms with Gasteiger partial charge in [0.1, 0.15) is 71.0 Å². The van der Waals surface area contributed by atoms with Crippen LogP contribution in [0.3, 0.4) is 0 Å². The zero-order valence-electron chi connectivity index (χ0n) is 23.2. The number of aliphatic hydroxyl groups excluding tert-OH is 6. The third kappa shape index (κ3) is 6.06. The van der Waals surface area contributed by atoms with Gasteiger partial charge in [0.2, 0.25) is 6.29 Å². The molecule has 3 heterocycles. The Balaban J connectivity index is 1.40. The quantitative estimate of drug-likeness (QED) is 0.143. The van der Waals surface area contributed by atoms with Crippen molar-refractivity contribution in [2.75, 3.05) is 13.7 Å². The summed E-state index contributed by atoms with van der Waals surface area (Å²) in [6, 6.07) is 6.77. The summed E-state index contributed by atoms with van der Waals surface area (Å²) in [5.74, 6) is -0.540. The van der Waals surface area contributed by atoms with Crippen molar-refractivity contribution < 1.29 is 69.0 Å². The molecular formula is C28H31IO15. The SMILES string of the molecule is COc1ccc(-c2cc(=O)c3c(O)c(I)c(O[C@@H]4OC(CO[C@@H]5OC(C)[C@H](O)[C@H](O)C5O)[C@@H](O)[C@@H](O)C4O)cc3o2)cc1O. The summed E-state index contributed by atoms with van der Waals surface area (Å²) < 4.78 is 33.3. The number of aliphatic hydroxyl groups is 6. The maximum atomic E-state index is 13.0. The Morgan fingerprint density at radius 3 is 2.20 bits per heavy atom. The fourth-order valence-corrected chi connectivity index (χ4v) is 5.50. The number of hydrogen-bond acceptors (Lipinski definition) is 15. The maximum Gasteiger partial charge on any atom is 0.229 e. The molecule has 4 unspecified atom stereocenters. The van der Waals surface area contributed by atoms with E-state index in [9.17, 15) is 45.6 Å². The molecule has 2 aliphatic heterocycles. The summed E-state index contributed by atoms with van der Waals surface area (Å²) >= 11 is 1.71. The molecule has 2 saturated heterocycles. The molecule has 15 nitrogen and oxygen atoms in total. The number of methoxy groups -OCH3 is 1. The first-order valence-corrected chi connectivity index (χ1v) is 14.4. The lowest BCUT2D eigenvalue weighted by atomic mass is 9.98. The number of phenolic OH excluding ortho intramolecular Hbond substituents is 2. The molecule has 0 saturated carbocycles. The van der Waals surface area contributed by atoms with Crippen molar-refractivity contribution >= 4 is 33.6 Å². The van der Waals surface area contributed by atoms with Gasteiger partial charge in [-0.05, 0) is 47.7 Å². The van der Waals surface area contributed by atoms with Gasteiger partial charge in [0.25, 0.3) is 0 Å². The Morgan fingerprint density at radius 1 is 0.841 bits per heavy atom. The highest BCUT2D eigenvalue weighted by Crippen LogP contribution is 2.39. The van der Waals surface area contributed by atoms with E-state index in [1.54, 1.807) is 28.7 Å². The van der Waals surface area contributed by atoms with Gasteiger partial charge in [-0.25, -0.2) is 0 Å². The van der Waals surface area contributed by atoms with Crippen LogP contribution >= 0.6 is 22.6 Å². The average Bonchev–Trinajstić information content (AvgIpc) is 3.00. The van der Waals surface area contributed by atoms with Crippen LogP contribution in [0.15, 0.2) is 39.5 Å². The summed E-state index contributed by atoms with van der Waals surface area (Å²) in [6.07, 6.45) is -15.1. The Kier molecular flexibility index (Phi) is 9.57. The Labute approximate surface area is 262 Å². The van der Waals surface area contributed by atoms with Gasteiger partial charge in [0.05, 0.1) is 23.4 Å². The Hall–Kier alpha value is -2.78. The van der Waals surface area contributed by atoms with Crippen molar-refractivity contribution in [1.29, 1.82) is 0 Å². The largest absolute Gasteiger partial charge is 0.506 e. The normalized spacial score (nSPS) is 32.5. The molecular weight excluding hydrogens is 703 g/mol. The van der Waals surface area contributed by atoms with Crippen molar-refractivity contribution in [2.45, 2.75) is 68.3 Å². The highest BCUT2D eigenvalue weighted by Gasteiger charge is 2.47. The highest BCUT2D eigenvalue weighted by molar-refractivity contribution is 14.1. The standard InChI is InChI=1S/C28H31IO15/c1-9-20(32)23(35)25(37)27(41-9)40-8-17-21(33)24(36)26(38)28(44-17)43-16-7-15-18(22(34)19(16)29)12(31)6-14(42-15)10-3-4-13(39-2)11(30)5-10/h3-7,9,17,20-21,23-28,30,32-38H,8H2,1-2H3/t9?,17?,20-,21+,23-,24+,25?,26?,27+,28+/m0/s1. The first-order chi connectivity index (χ1) is 20.8. The number of phenols is 2. The molecule has 3 aromatic rings. The van der Waals surface area contributed by atoms with Gasteiger partial charge >= 0.3 is 0 Å². The molecule has 5 rings (SSSR count). The fraction of sp³-hybridized carbons (Fsp3) is 0.464. The second-order valence-electron chi connectivity index (χ2n) is 10.4. The molecule has 44 heavy (non-hydrogen) atoms. The summed E-state index contributed by atoms with van der Waals surface area (Å²) in [5, 5.41) is 82.6. The number of ether oxygens (including phenoxy) is 5. The predicted octanol–water partition coefficient (Wildman–Crippen LogP) is -0.485. The number of aromatic hydroxyl groups is 2. The second kappa shape index (κ2) is 12.9. The molecule has 0 radical (unpaired) electrons. The number of fused-ring (bicyclic) bond motifs is 1.